The molecule has 0 amide bonds. The van der Waals surface area contributed by atoms with Gasteiger partial charge in [0.05, 0.1) is 10.5 Å². The second kappa shape index (κ2) is 7.67. The Bertz CT molecular complexity index is 944. The van der Waals surface area contributed by atoms with Gasteiger partial charge in [-0.25, -0.2) is 8.42 Å². The third-order valence-electron chi connectivity index (χ3n) is 4.98. The molecule has 4 nitrogen and oxygen atoms in total. The van der Waals surface area contributed by atoms with Crippen molar-refractivity contribution < 1.29 is 26.4 Å². The van der Waals surface area contributed by atoms with Crippen molar-refractivity contribution in [2.45, 2.75) is 30.8 Å². The number of Topliss-reactive ketones (excluding diaryl/α,β-unsaturated/α-hetero) is 1. The highest BCUT2D eigenvalue weighted by atomic mass is 32.2. The molecule has 0 saturated carbocycles. The SMILES string of the molecule is Cc1ccc(S(=O)(=O)N2CCC(C(=O)c3ccc(C(F)(F)F)cc3)CC2)cc1. The molecule has 0 radical (unpaired) electrons. The predicted molar refractivity (Wildman–Crippen MR) is 98.4 cm³/mol. The largest absolute Gasteiger partial charge is 0.416 e. The molecule has 28 heavy (non-hydrogen) atoms. The smallest absolute Gasteiger partial charge is 0.294 e. The molecule has 3 rings (SSSR count). The first-order chi connectivity index (χ1) is 13.1. The highest BCUT2D eigenvalue weighted by Gasteiger charge is 2.33. The van der Waals surface area contributed by atoms with Crippen LogP contribution in [-0.4, -0.2) is 31.6 Å². The number of carbonyl (C=O) groups excluding carboxylic acids is 1. The summed E-state index contributed by atoms with van der Waals surface area (Å²) in [5, 5.41) is 0. The van der Waals surface area contributed by atoms with Crippen molar-refractivity contribution in [2.24, 2.45) is 5.92 Å². The fourth-order valence-corrected chi connectivity index (χ4v) is 4.75. The van der Waals surface area contributed by atoms with E-state index in [4.69, 9.17) is 0 Å². The topological polar surface area (TPSA) is 54.5 Å². The van der Waals surface area contributed by atoms with E-state index >= 15 is 0 Å². The van der Waals surface area contributed by atoms with Crippen LogP contribution in [0.15, 0.2) is 53.4 Å². The van der Waals surface area contributed by atoms with Crippen LogP contribution in [0.1, 0.15) is 34.3 Å². The number of aryl methyl sites for hydroxylation is 1. The number of alkyl halides is 3. The quantitative estimate of drug-likeness (QED) is 0.705. The molecule has 150 valence electrons. The van der Waals surface area contributed by atoms with Gasteiger partial charge in [0.1, 0.15) is 0 Å². The Morgan fingerprint density at radius 2 is 1.50 bits per heavy atom. The van der Waals surface area contributed by atoms with E-state index in [0.717, 1.165) is 17.7 Å². The van der Waals surface area contributed by atoms with Gasteiger partial charge in [-0.2, -0.15) is 17.5 Å². The maximum absolute atomic E-state index is 12.7. The van der Waals surface area contributed by atoms with E-state index in [1.807, 2.05) is 6.92 Å². The van der Waals surface area contributed by atoms with E-state index in [1.54, 1.807) is 24.3 Å². The average molecular weight is 411 g/mol. The van der Waals surface area contributed by atoms with E-state index in [-0.39, 0.29) is 29.3 Å². The van der Waals surface area contributed by atoms with Crippen LogP contribution in [0.25, 0.3) is 0 Å². The number of sulfonamides is 1. The summed E-state index contributed by atoms with van der Waals surface area (Å²) in [7, 11) is -3.62. The lowest BCUT2D eigenvalue weighted by atomic mass is 9.89. The van der Waals surface area contributed by atoms with E-state index in [0.29, 0.717) is 12.8 Å². The van der Waals surface area contributed by atoms with Crippen LogP contribution in [0.2, 0.25) is 0 Å². The number of nitrogens with zero attached hydrogens (tertiary/aromatic N) is 1. The van der Waals surface area contributed by atoms with Crippen LogP contribution in [0, 0.1) is 12.8 Å². The molecule has 0 bridgehead atoms. The van der Waals surface area contributed by atoms with Crippen molar-refractivity contribution >= 4 is 15.8 Å². The second-order valence-corrected chi connectivity index (χ2v) is 8.87. The molecule has 0 aromatic heterocycles. The molecule has 2 aromatic rings. The highest BCUT2D eigenvalue weighted by molar-refractivity contribution is 7.89. The lowest BCUT2D eigenvalue weighted by Crippen LogP contribution is -2.40. The molecule has 1 heterocycles. The Morgan fingerprint density at radius 3 is 2.00 bits per heavy atom. The standard InChI is InChI=1S/C20H20F3NO3S/c1-14-2-8-18(9-3-14)28(26,27)24-12-10-16(11-13-24)19(25)15-4-6-17(7-5-15)20(21,22)23/h2-9,16H,10-13H2,1H3. The number of benzene rings is 2. The van der Waals surface area contributed by atoms with Crippen LogP contribution >= 0.6 is 0 Å². The normalized spacial score (nSPS) is 16.9. The third kappa shape index (κ3) is 4.28. The molecule has 1 fully saturated rings. The lowest BCUT2D eigenvalue weighted by Gasteiger charge is -2.30. The second-order valence-electron chi connectivity index (χ2n) is 6.93. The fourth-order valence-electron chi connectivity index (χ4n) is 3.28. The van der Waals surface area contributed by atoms with Crippen LogP contribution in [-0.2, 0) is 16.2 Å². The van der Waals surface area contributed by atoms with Crippen molar-refractivity contribution in [3.8, 4) is 0 Å². The van der Waals surface area contributed by atoms with Crippen molar-refractivity contribution in [1.82, 2.24) is 4.31 Å². The first-order valence-electron chi connectivity index (χ1n) is 8.87. The molecule has 1 saturated heterocycles. The highest BCUT2D eigenvalue weighted by Crippen LogP contribution is 2.30. The van der Waals surface area contributed by atoms with Gasteiger partial charge in [0.25, 0.3) is 0 Å². The Kier molecular flexibility index (Phi) is 5.63. The molecule has 1 aliphatic heterocycles. The Morgan fingerprint density at radius 1 is 0.964 bits per heavy atom. The van der Waals surface area contributed by atoms with E-state index in [1.165, 1.54) is 16.4 Å². The summed E-state index contributed by atoms with van der Waals surface area (Å²) in [6.45, 7) is 2.27. The number of ketones is 1. The van der Waals surface area contributed by atoms with Crippen LogP contribution < -0.4 is 0 Å². The number of carbonyl (C=O) groups is 1. The third-order valence-corrected chi connectivity index (χ3v) is 6.89. The van der Waals surface area contributed by atoms with Gasteiger partial charge in [0.2, 0.25) is 10.0 Å². The zero-order chi connectivity index (χ0) is 20.5. The Hall–Kier alpha value is -2.19. The predicted octanol–water partition coefficient (Wildman–Crippen LogP) is 4.30. The monoisotopic (exact) mass is 411 g/mol. The fraction of sp³-hybridized carbons (Fsp3) is 0.350. The number of hydrogen-bond acceptors (Lipinski definition) is 3. The minimum absolute atomic E-state index is 0.202. The maximum Gasteiger partial charge on any atom is 0.416 e. The van der Waals surface area contributed by atoms with Crippen LogP contribution in [0.3, 0.4) is 0 Å². The summed E-state index contributed by atoms with van der Waals surface area (Å²) in [5.74, 6) is -0.651. The number of hydrogen-bond donors (Lipinski definition) is 0. The molecule has 2 aromatic carbocycles. The van der Waals surface area contributed by atoms with Gasteiger partial charge in [0, 0.05) is 24.6 Å². The lowest BCUT2D eigenvalue weighted by molar-refractivity contribution is -0.137. The minimum Gasteiger partial charge on any atom is -0.294 e. The van der Waals surface area contributed by atoms with Gasteiger partial charge in [-0.1, -0.05) is 29.8 Å². The molecule has 0 aliphatic carbocycles. The zero-order valence-corrected chi connectivity index (χ0v) is 16.1. The van der Waals surface area contributed by atoms with E-state index < -0.39 is 27.7 Å². The van der Waals surface area contributed by atoms with Crippen molar-refractivity contribution in [1.29, 1.82) is 0 Å². The van der Waals surface area contributed by atoms with E-state index in [9.17, 15) is 26.4 Å². The summed E-state index contributed by atoms with van der Waals surface area (Å²) in [6.07, 6.45) is -3.77. The van der Waals surface area contributed by atoms with Crippen molar-refractivity contribution in [3.05, 3.63) is 65.2 Å². The maximum atomic E-state index is 12.7. The number of halogens is 3. The van der Waals surface area contributed by atoms with Gasteiger partial charge in [-0.05, 0) is 44.0 Å². The summed E-state index contributed by atoms with van der Waals surface area (Å²) >= 11 is 0. The molecule has 1 aliphatic rings. The summed E-state index contributed by atoms with van der Waals surface area (Å²) in [4.78, 5) is 12.8. The van der Waals surface area contributed by atoms with Crippen LogP contribution in [0.5, 0.6) is 0 Å². The van der Waals surface area contributed by atoms with Gasteiger partial charge in [-0.15, -0.1) is 0 Å². The first-order valence-corrected chi connectivity index (χ1v) is 10.3. The van der Waals surface area contributed by atoms with E-state index in [2.05, 4.69) is 0 Å². The summed E-state index contributed by atoms with van der Waals surface area (Å²) < 4.78 is 64.7. The van der Waals surface area contributed by atoms with Crippen LogP contribution in [0.4, 0.5) is 13.2 Å². The van der Waals surface area contributed by atoms with Gasteiger partial charge in [-0.3, -0.25) is 4.79 Å². The summed E-state index contributed by atoms with van der Waals surface area (Å²) in [6, 6.07) is 10.7. The summed E-state index contributed by atoms with van der Waals surface area (Å²) in [5.41, 5.74) is 0.371. The van der Waals surface area contributed by atoms with Gasteiger partial charge >= 0.3 is 6.18 Å². The molecule has 0 atom stereocenters. The Labute approximate surface area is 162 Å². The number of piperidine rings is 1. The zero-order valence-electron chi connectivity index (χ0n) is 15.2. The minimum atomic E-state index is -4.45. The van der Waals surface area contributed by atoms with Gasteiger partial charge < -0.3 is 0 Å². The molecular formula is C20H20F3NO3S. The number of rotatable bonds is 4. The molecular weight excluding hydrogens is 391 g/mol. The Balaban J connectivity index is 1.66. The van der Waals surface area contributed by atoms with Crippen molar-refractivity contribution in [2.75, 3.05) is 13.1 Å². The average Bonchev–Trinajstić information content (AvgIpc) is 2.67. The molecule has 0 spiro atoms. The molecule has 0 unspecified atom stereocenters. The van der Waals surface area contributed by atoms with Crippen molar-refractivity contribution in [3.63, 3.8) is 0 Å². The molecule has 8 heteroatoms. The molecule has 0 N–H and O–H groups in total. The first kappa shape index (κ1) is 20.5. The van der Waals surface area contributed by atoms with Gasteiger partial charge in [0.15, 0.2) is 5.78 Å².